The van der Waals surface area contributed by atoms with Crippen molar-refractivity contribution in [2.75, 3.05) is 32.7 Å². The minimum Gasteiger partial charge on any atom is -0.454 e. The number of nitrogens with one attached hydrogen (secondary N) is 1. The van der Waals surface area contributed by atoms with Crippen LogP contribution in [0.3, 0.4) is 0 Å². The Morgan fingerprint density at radius 1 is 1.35 bits per heavy atom. The number of carbonyl (C=O) groups excluding carboxylic acids is 1. The van der Waals surface area contributed by atoms with Gasteiger partial charge in [0.05, 0.1) is 12.9 Å². The zero-order valence-electron chi connectivity index (χ0n) is 13.1. The lowest BCUT2D eigenvalue weighted by molar-refractivity contribution is 0.151. The van der Waals surface area contributed by atoms with Crippen molar-refractivity contribution in [2.45, 2.75) is 13.5 Å². The molecule has 1 aromatic carbocycles. The molecule has 0 aromatic heterocycles. The van der Waals surface area contributed by atoms with Crippen molar-refractivity contribution in [2.24, 2.45) is 0 Å². The maximum absolute atomic E-state index is 11.9. The van der Waals surface area contributed by atoms with Crippen LogP contribution in [0.1, 0.15) is 12.5 Å². The molecule has 0 spiro atoms. The van der Waals surface area contributed by atoms with Crippen LogP contribution in [0.4, 0.5) is 4.79 Å². The van der Waals surface area contributed by atoms with Gasteiger partial charge in [-0.2, -0.15) is 4.31 Å². The fourth-order valence-corrected chi connectivity index (χ4v) is 2.88. The summed E-state index contributed by atoms with van der Waals surface area (Å²) in [7, 11) is -3.42. The minimum atomic E-state index is -3.42. The van der Waals surface area contributed by atoms with Crippen LogP contribution in [0, 0.1) is 0 Å². The van der Waals surface area contributed by atoms with Crippen LogP contribution in [0.2, 0.25) is 0 Å². The van der Waals surface area contributed by atoms with Crippen LogP contribution in [0.5, 0.6) is 11.5 Å². The highest BCUT2D eigenvalue weighted by Crippen LogP contribution is 2.32. The summed E-state index contributed by atoms with van der Waals surface area (Å²) in [6.45, 7) is 2.61. The molecule has 23 heavy (non-hydrogen) atoms. The summed E-state index contributed by atoms with van der Waals surface area (Å²) in [5, 5.41) is 2.50. The van der Waals surface area contributed by atoms with E-state index in [0.29, 0.717) is 11.5 Å². The van der Waals surface area contributed by atoms with E-state index in [4.69, 9.17) is 14.2 Å². The van der Waals surface area contributed by atoms with Crippen LogP contribution in [0.15, 0.2) is 18.2 Å². The fraction of sp³-hybridized carbons (Fsp3) is 0.500. The first-order valence-corrected chi connectivity index (χ1v) is 8.99. The maximum atomic E-state index is 11.9. The Labute approximate surface area is 135 Å². The molecular formula is C14H20N2O6S. The van der Waals surface area contributed by atoms with Gasteiger partial charge >= 0.3 is 6.09 Å². The van der Waals surface area contributed by atoms with E-state index in [1.807, 2.05) is 0 Å². The average Bonchev–Trinajstić information content (AvgIpc) is 2.93. The van der Waals surface area contributed by atoms with Crippen LogP contribution in [0.25, 0.3) is 0 Å². The molecule has 1 amide bonds. The SMILES string of the molecule is CCOC(=O)NCCN(Cc1ccc2c(c1)OCO2)S(C)(=O)=O. The Balaban J connectivity index is 1.98. The molecule has 1 aromatic rings. The first-order valence-electron chi connectivity index (χ1n) is 7.14. The van der Waals surface area contributed by atoms with Gasteiger partial charge in [0.25, 0.3) is 0 Å². The predicted molar refractivity (Wildman–Crippen MR) is 82.8 cm³/mol. The highest BCUT2D eigenvalue weighted by atomic mass is 32.2. The van der Waals surface area contributed by atoms with E-state index in [2.05, 4.69) is 5.32 Å². The van der Waals surface area contributed by atoms with Gasteiger partial charge in [-0.05, 0) is 24.6 Å². The van der Waals surface area contributed by atoms with Crippen LogP contribution < -0.4 is 14.8 Å². The van der Waals surface area contributed by atoms with Crippen molar-refractivity contribution in [1.82, 2.24) is 9.62 Å². The van der Waals surface area contributed by atoms with E-state index in [0.717, 1.165) is 11.8 Å². The van der Waals surface area contributed by atoms with Crippen molar-refractivity contribution in [3.8, 4) is 11.5 Å². The summed E-state index contributed by atoms with van der Waals surface area (Å²) < 4.78 is 40.3. The Morgan fingerprint density at radius 3 is 2.78 bits per heavy atom. The molecule has 0 unspecified atom stereocenters. The van der Waals surface area contributed by atoms with E-state index in [1.165, 1.54) is 4.31 Å². The van der Waals surface area contributed by atoms with E-state index < -0.39 is 16.1 Å². The molecule has 1 N–H and O–H groups in total. The number of fused-ring (bicyclic) bond motifs is 1. The van der Waals surface area contributed by atoms with Crippen molar-refractivity contribution in [3.63, 3.8) is 0 Å². The van der Waals surface area contributed by atoms with Crippen molar-refractivity contribution < 1.29 is 27.4 Å². The summed E-state index contributed by atoms with van der Waals surface area (Å²) in [6, 6.07) is 5.28. The quantitative estimate of drug-likeness (QED) is 0.790. The standard InChI is InChI=1S/C14H20N2O6S/c1-3-20-14(17)15-6-7-16(23(2,18)19)9-11-4-5-12-13(8-11)22-10-21-12/h4-5,8H,3,6-7,9-10H2,1-2H3,(H,15,17). The highest BCUT2D eigenvalue weighted by Gasteiger charge is 2.19. The zero-order valence-corrected chi connectivity index (χ0v) is 13.9. The van der Waals surface area contributed by atoms with Crippen LogP contribution in [-0.4, -0.2) is 51.6 Å². The highest BCUT2D eigenvalue weighted by molar-refractivity contribution is 7.88. The van der Waals surface area contributed by atoms with Gasteiger partial charge in [0.15, 0.2) is 11.5 Å². The van der Waals surface area contributed by atoms with E-state index in [-0.39, 0.29) is 33.0 Å². The molecule has 0 radical (unpaired) electrons. The van der Waals surface area contributed by atoms with Crippen molar-refractivity contribution >= 4 is 16.1 Å². The van der Waals surface area contributed by atoms with Crippen LogP contribution >= 0.6 is 0 Å². The molecule has 1 aliphatic heterocycles. The second-order valence-corrected chi connectivity index (χ2v) is 6.91. The molecule has 2 rings (SSSR count). The number of sulfonamides is 1. The summed E-state index contributed by atoms with van der Waals surface area (Å²) in [6.07, 6.45) is 0.564. The fourth-order valence-electron chi connectivity index (χ4n) is 2.07. The molecule has 9 heteroatoms. The van der Waals surface area contributed by atoms with Gasteiger partial charge in [0.1, 0.15) is 0 Å². The monoisotopic (exact) mass is 344 g/mol. The van der Waals surface area contributed by atoms with Gasteiger partial charge in [-0.1, -0.05) is 6.07 Å². The van der Waals surface area contributed by atoms with Gasteiger partial charge in [-0.25, -0.2) is 13.2 Å². The number of hydrogen-bond donors (Lipinski definition) is 1. The third kappa shape index (κ3) is 5.00. The number of alkyl carbamates (subject to hydrolysis) is 1. The first-order chi connectivity index (χ1) is 10.9. The second-order valence-electron chi connectivity index (χ2n) is 4.93. The van der Waals surface area contributed by atoms with Crippen LogP contribution in [-0.2, 0) is 21.3 Å². The van der Waals surface area contributed by atoms with E-state index in [1.54, 1.807) is 25.1 Å². The largest absolute Gasteiger partial charge is 0.454 e. The van der Waals surface area contributed by atoms with Gasteiger partial charge in [0.2, 0.25) is 16.8 Å². The van der Waals surface area contributed by atoms with E-state index in [9.17, 15) is 13.2 Å². The lowest BCUT2D eigenvalue weighted by atomic mass is 10.2. The van der Waals surface area contributed by atoms with Crippen molar-refractivity contribution in [3.05, 3.63) is 23.8 Å². The number of nitrogens with zero attached hydrogens (tertiary/aromatic N) is 1. The average molecular weight is 344 g/mol. The number of ether oxygens (including phenoxy) is 3. The molecular weight excluding hydrogens is 324 g/mol. The zero-order chi connectivity index (χ0) is 16.9. The van der Waals surface area contributed by atoms with Gasteiger partial charge in [0, 0.05) is 19.6 Å². The summed E-state index contributed by atoms with van der Waals surface area (Å²) in [5.41, 5.74) is 0.774. The molecule has 0 aliphatic carbocycles. The number of hydrogen-bond acceptors (Lipinski definition) is 6. The number of benzene rings is 1. The Kier molecular flexibility index (Phi) is 5.67. The topological polar surface area (TPSA) is 94.2 Å². The predicted octanol–water partition coefficient (Wildman–Crippen LogP) is 0.923. The van der Waals surface area contributed by atoms with Crippen molar-refractivity contribution in [1.29, 1.82) is 0 Å². The molecule has 0 saturated carbocycles. The third-order valence-electron chi connectivity index (χ3n) is 3.17. The normalized spacial score (nSPS) is 13.2. The summed E-state index contributed by atoms with van der Waals surface area (Å²) >= 11 is 0. The van der Waals surface area contributed by atoms with E-state index >= 15 is 0 Å². The summed E-state index contributed by atoms with van der Waals surface area (Å²) in [5.74, 6) is 1.24. The molecule has 0 atom stereocenters. The molecule has 0 bridgehead atoms. The van der Waals surface area contributed by atoms with Gasteiger partial charge in [-0.3, -0.25) is 0 Å². The lowest BCUT2D eigenvalue weighted by Crippen LogP contribution is -2.37. The lowest BCUT2D eigenvalue weighted by Gasteiger charge is -2.20. The van der Waals surface area contributed by atoms with Gasteiger partial charge in [-0.15, -0.1) is 0 Å². The molecule has 0 saturated heterocycles. The smallest absolute Gasteiger partial charge is 0.407 e. The minimum absolute atomic E-state index is 0.145. The number of amides is 1. The molecule has 1 heterocycles. The Morgan fingerprint density at radius 2 is 2.09 bits per heavy atom. The maximum Gasteiger partial charge on any atom is 0.407 e. The summed E-state index contributed by atoms with van der Waals surface area (Å²) in [4.78, 5) is 11.2. The Hall–Kier alpha value is -2.00. The molecule has 1 aliphatic rings. The Bertz CT molecular complexity index is 661. The molecule has 8 nitrogen and oxygen atoms in total. The molecule has 128 valence electrons. The third-order valence-corrected chi connectivity index (χ3v) is 4.42. The number of rotatable bonds is 7. The second kappa shape index (κ2) is 7.51. The number of carbonyl (C=O) groups is 1. The van der Waals surface area contributed by atoms with Gasteiger partial charge < -0.3 is 19.5 Å². The first kappa shape index (κ1) is 17.4. The molecule has 0 fully saturated rings.